The van der Waals surface area contributed by atoms with Gasteiger partial charge in [0.25, 0.3) is 5.69 Å². The van der Waals surface area contributed by atoms with Gasteiger partial charge in [0.1, 0.15) is 0 Å². The Hall–Kier alpha value is -1.95. The fourth-order valence-electron chi connectivity index (χ4n) is 2.12. The van der Waals surface area contributed by atoms with E-state index in [0.717, 1.165) is 31.7 Å². The van der Waals surface area contributed by atoms with Crippen LogP contribution in [0.3, 0.4) is 0 Å². The molecule has 1 aromatic carbocycles. The molecule has 116 valence electrons. The zero-order valence-electron chi connectivity index (χ0n) is 13.1. The monoisotopic (exact) mass is 293 g/mol. The number of rotatable bonds is 8. The number of hydrogen-bond acceptors (Lipinski definition) is 5. The van der Waals surface area contributed by atoms with Crippen molar-refractivity contribution in [3.63, 3.8) is 0 Å². The summed E-state index contributed by atoms with van der Waals surface area (Å²) in [5, 5.41) is 11.0. The van der Waals surface area contributed by atoms with Crippen LogP contribution in [-0.4, -0.2) is 49.3 Å². The Balaban J connectivity index is 3.11. The number of nitro groups is 1. The van der Waals surface area contributed by atoms with Crippen molar-refractivity contribution in [1.82, 2.24) is 4.90 Å². The van der Waals surface area contributed by atoms with E-state index in [1.807, 2.05) is 14.1 Å². The first-order chi connectivity index (χ1) is 9.86. The maximum Gasteiger partial charge on any atom is 0.280 e. The van der Waals surface area contributed by atoms with Crippen molar-refractivity contribution in [3.8, 4) is 0 Å². The lowest BCUT2D eigenvalue weighted by atomic mass is 10.1. The molecule has 21 heavy (non-hydrogen) atoms. The molecular formula is C15H23N3O3. The number of ketones is 1. The van der Waals surface area contributed by atoms with Crippen LogP contribution < -0.4 is 4.90 Å². The van der Waals surface area contributed by atoms with Gasteiger partial charge in [-0.05, 0) is 39.6 Å². The van der Waals surface area contributed by atoms with Crippen molar-refractivity contribution in [1.29, 1.82) is 0 Å². The molecule has 6 heteroatoms. The Labute approximate surface area is 125 Å². The SMILES string of the molecule is CCCN(CCN(C)C)c1ccc([N+](=O)[O-])c(C(C)=O)c1. The highest BCUT2D eigenvalue weighted by Crippen LogP contribution is 2.25. The highest BCUT2D eigenvalue weighted by molar-refractivity contribution is 5.99. The lowest BCUT2D eigenvalue weighted by Gasteiger charge is -2.26. The fourth-order valence-corrected chi connectivity index (χ4v) is 2.12. The first-order valence-corrected chi connectivity index (χ1v) is 7.05. The van der Waals surface area contributed by atoms with Gasteiger partial charge in [0.15, 0.2) is 5.78 Å². The Bertz CT molecular complexity index is 515. The number of nitro benzene ring substituents is 1. The summed E-state index contributed by atoms with van der Waals surface area (Å²) >= 11 is 0. The van der Waals surface area contributed by atoms with Crippen molar-refractivity contribution in [2.24, 2.45) is 0 Å². The van der Waals surface area contributed by atoms with Crippen molar-refractivity contribution in [3.05, 3.63) is 33.9 Å². The normalized spacial score (nSPS) is 10.7. The van der Waals surface area contributed by atoms with E-state index in [4.69, 9.17) is 0 Å². The Kier molecular flexibility index (Phi) is 6.30. The molecule has 0 bridgehead atoms. The van der Waals surface area contributed by atoms with Crippen molar-refractivity contribution < 1.29 is 9.72 Å². The molecule has 0 aliphatic heterocycles. The number of hydrogen-bond donors (Lipinski definition) is 0. The standard InChI is InChI=1S/C15H23N3O3/c1-5-8-17(10-9-16(3)4)13-6-7-15(18(20)21)14(11-13)12(2)19/h6-7,11H,5,8-10H2,1-4H3. The number of benzene rings is 1. The first-order valence-electron chi connectivity index (χ1n) is 7.05. The summed E-state index contributed by atoms with van der Waals surface area (Å²) in [5.41, 5.74) is 0.897. The van der Waals surface area contributed by atoms with Crippen LogP contribution in [0.2, 0.25) is 0 Å². The molecule has 0 aromatic heterocycles. The number of likely N-dealkylation sites (N-methyl/N-ethyl adjacent to an activating group) is 1. The highest BCUT2D eigenvalue weighted by Gasteiger charge is 2.19. The molecule has 6 nitrogen and oxygen atoms in total. The van der Waals surface area contributed by atoms with E-state index in [2.05, 4.69) is 16.7 Å². The summed E-state index contributed by atoms with van der Waals surface area (Å²) in [7, 11) is 4.00. The topological polar surface area (TPSA) is 66.7 Å². The summed E-state index contributed by atoms with van der Waals surface area (Å²) in [6.07, 6.45) is 0.972. The van der Waals surface area contributed by atoms with Crippen LogP contribution >= 0.6 is 0 Å². The maximum absolute atomic E-state index is 11.6. The molecule has 1 rings (SSSR count). The van der Waals surface area contributed by atoms with E-state index >= 15 is 0 Å². The van der Waals surface area contributed by atoms with Gasteiger partial charge in [-0.3, -0.25) is 14.9 Å². The zero-order valence-corrected chi connectivity index (χ0v) is 13.1. The van der Waals surface area contributed by atoms with Crippen molar-refractivity contribution in [2.45, 2.75) is 20.3 Å². The summed E-state index contributed by atoms with van der Waals surface area (Å²) in [6.45, 7) is 5.99. The summed E-state index contributed by atoms with van der Waals surface area (Å²) < 4.78 is 0. The van der Waals surface area contributed by atoms with Crippen molar-refractivity contribution >= 4 is 17.2 Å². The molecule has 0 unspecified atom stereocenters. The van der Waals surface area contributed by atoms with Crippen LogP contribution in [-0.2, 0) is 0 Å². The summed E-state index contributed by atoms with van der Waals surface area (Å²) in [6, 6.07) is 4.77. The van der Waals surface area contributed by atoms with Gasteiger partial charge in [-0.1, -0.05) is 6.92 Å². The molecule has 0 aliphatic rings. The molecule has 0 radical (unpaired) electrons. The quantitative estimate of drug-likeness (QED) is 0.418. The van der Waals surface area contributed by atoms with Crippen LogP contribution in [0.25, 0.3) is 0 Å². The van der Waals surface area contributed by atoms with Gasteiger partial charge in [0.05, 0.1) is 10.5 Å². The molecule has 0 heterocycles. The summed E-state index contributed by atoms with van der Waals surface area (Å²) in [5.74, 6) is -0.285. The number of anilines is 1. The van der Waals surface area contributed by atoms with Gasteiger partial charge in [0.2, 0.25) is 0 Å². The second-order valence-corrected chi connectivity index (χ2v) is 5.31. The van der Waals surface area contributed by atoms with Crippen LogP contribution in [0.1, 0.15) is 30.6 Å². The van der Waals surface area contributed by atoms with E-state index in [0.29, 0.717) is 0 Å². The third-order valence-electron chi connectivity index (χ3n) is 3.23. The van der Waals surface area contributed by atoms with Gasteiger partial charge < -0.3 is 9.80 Å². The van der Waals surface area contributed by atoms with Crippen molar-refractivity contribution in [2.75, 3.05) is 38.6 Å². The third-order valence-corrected chi connectivity index (χ3v) is 3.23. The Morgan fingerprint density at radius 3 is 2.38 bits per heavy atom. The predicted molar refractivity (Wildman–Crippen MR) is 84.2 cm³/mol. The lowest BCUT2D eigenvalue weighted by Crippen LogP contribution is -2.32. The van der Waals surface area contributed by atoms with Crippen LogP contribution in [0, 0.1) is 10.1 Å². The van der Waals surface area contributed by atoms with E-state index < -0.39 is 4.92 Å². The molecule has 0 atom stereocenters. The van der Waals surface area contributed by atoms with Gasteiger partial charge >= 0.3 is 0 Å². The third kappa shape index (κ3) is 4.82. The first kappa shape index (κ1) is 17.1. The molecule has 0 fully saturated rings. The molecule has 0 saturated carbocycles. The van der Waals surface area contributed by atoms with E-state index in [1.54, 1.807) is 12.1 Å². The average Bonchev–Trinajstić information content (AvgIpc) is 2.42. The highest BCUT2D eigenvalue weighted by atomic mass is 16.6. The fraction of sp³-hybridized carbons (Fsp3) is 0.533. The predicted octanol–water partition coefficient (Wildman–Crippen LogP) is 2.58. The van der Waals surface area contributed by atoms with Gasteiger partial charge in [-0.2, -0.15) is 0 Å². The van der Waals surface area contributed by atoms with Crippen LogP contribution in [0.15, 0.2) is 18.2 Å². The molecule has 0 aliphatic carbocycles. The molecule has 0 spiro atoms. The van der Waals surface area contributed by atoms with E-state index in [9.17, 15) is 14.9 Å². The maximum atomic E-state index is 11.6. The number of carbonyl (C=O) groups excluding carboxylic acids is 1. The largest absolute Gasteiger partial charge is 0.370 e. The van der Waals surface area contributed by atoms with Gasteiger partial charge in [-0.15, -0.1) is 0 Å². The molecular weight excluding hydrogens is 270 g/mol. The second kappa shape index (κ2) is 7.73. The zero-order chi connectivity index (χ0) is 16.0. The Morgan fingerprint density at radius 1 is 1.24 bits per heavy atom. The molecule has 0 saturated heterocycles. The molecule has 1 aromatic rings. The van der Waals surface area contributed by atoms with E-state index in [1.165, 1.54) is 13.0 Å². The van der Waals surface area contributed by atoms with Gasteiger partial charge in [0, 0.05) is 31.4 Å². The second-order valence-electron chi connectivity index (χ2n) is 5.31. The Morgan fingerprint density at radius 2 is 1.90 bits per heavy atom. The number of nitrogens with zero attached hydrogens (tertiary/aromatic N) is 3. The smallest absolute Gasteiger partial charge is 0.280 e. The number of carbonyl (C=O) groups is 1. The van der Waals surface area contributed by atoms with E-state index in [-0.39, 0.29) is 17.0 Å². The molecule has 0 amide bonds. The number of Topliss-reactive ketones (excluding diaryl/α,β-unsaturated/α-hetero) is 1. The van der Waals surface area contributed by atoms with Crippen LogP contribution in [0.5, 0.6) is 0 Å². The summed E-state index contributed by atoms with van der Waals surface area (Å²) in [4.78, 5) is 26.3. The minimum atomic E-state index is -0.509. The van der Waals surface area contributed by atoms with Gasteiger partial charge in [-0.25, -0.2) is 0 Å². The lowest BCUT2D eigenvalue weighted by molar-refractivity contribution is -0.385. The minimum Gasteiger partial charge on any atom is -0.370 e. The average molecular weight is 293 g/mol. The molecule has 0 N–H and O–H groups in total. The van der Waals surface area contributed by atoms with Crippen LogP contribution in [0.4, 0.5) is 11.4 Å². The minimum absolute atomic E-state index is 0.129.